The Bertz CT molecular complexity index is 626. The molecule has 0 bridgehead atoms. The van der Waals surface area contributed by atoms with Gasteiger partial charge in [0.1, 0.15) is 11.5 Å². The number of Topliss-reactive ketones (excluding diaryl/α,β-unsaturated/α-hetero) is 1. The van der Waals surface area contributed by atoms with E-state index in [1.165, 1.54) is 11.8 Å². The summed E-state index contributed by atoms with van der Waals surface area (Å²) in [5.41, 5.74) is 0.543. The van der Waals surface area contributed by atoms with Gasteiger partial charge in [-0.25, -0.2) is 0 Å². The lowest BCUT2D eigenvalue weighted by Crippen LogP contribution is -2.05. The smallest absolute Gasteiger partial charge is 0.176 e. The van der Waals surface area contributed by atoms with Crippen molar-refractivity contribution in [2.24, 2.45) is 0 Å². The van der Waals surface area contributed by atoms with Gasteiger partial charge >= 0.3 is 0 Å². The number of halogens is 1. The van der Waals surface area contributed by atoms with Crippen LogP contribution in [0.5, 0.6) is 11.5 Å². The molecular formula is C16H15BrO3S. The minimum absolute atomic E-state index is 0.0127. The molecule has 110 valence electrons. The Morgan fingerprint density at radius 1 is 1.10 bits per heavy atom. The summed E-state index contributed by atoms with van der Waals surface area (Å²) < 4.78 is 11.4. The lowest BCUT2D eigenvalue weighted by atomic mass is 10.1. The molecule has 0 spiro atoms. The van der Waals surface area contributed by atoms with E-state index in [2.05, 4.69) is 15.9 Å². The summed E-state index contributed by atoms with van der Waals surface area (Å²) in [5, 5.41) is 0. The van der Waals surface area contributed by atoms with Crippen molar-refractivity contribution in [3.63, 3.8) is 0 Å². The van der Waals surface area contributed by atoms with Crippen molar-refractivity contribution in [3.05, 3.63) is 52.5 Å². The molecule has 0 saturated carbocycles. The molecular weight excluding hydrogens is 352 g/mol. The van der Waals surface area contributed by atoms with E-state index in [1.807, 2.05) is 24.3 Å². The highest BCUT2D eigenvalue weighted by Gasteiger charge is 2.14. The summed E-state index contributed by atoms with van der Waals surface area (Å²) >= 11 is 4.89. The monoisotopic (exact) mass is 366 g/mol. The molecule has 0 atom stereocenters. The lowest BCUT2D eigenvalue weighted by Gasteiger charge is -2.09. The Kier molecular flexibility index (Phi) is 5.70. The van der Waals surface area contributed by atoms with Gasteiger partial charge in [-0.05, 0) is 42.5 Å². The number of rotatable bonds is 6. The Hall–Kier alpha value is -1.46. The number of ketones is 1. The summed E-state index contributed by atoms with van der Waals surface area (Å²) in [5.74, 6) is 1.58. The van der Waals surface area contributed by atoms with E-state index in [1.54, 1.807) is 32.4 Å². The number of methoxy groups -OCH3 is 2. The van der Waals surface area contributed by atoms with Crippen LogP contribution in [0, 0.1) is 0 Å². The van der Waals surface area contributed by atoms with Crippen molar-refractivity contribution in [3.8, 4) is 11.5 Å². The maximum absolute atomic E-state index is 12.4. The largest absolute Gasteiger partial charge is 0.497 e. The first-order chi connectivity index (χ1) is 10.1. The molecule has 0 N–H and O–H groups in total. The van der Waals surface area contributed by atoms with Gasteiger partial charge in [0.25, 0.3) is 0 Å². The highest BCUT2D eigenvalue weighted by molar-refractivity contribution is 9.10. The fourth-order valence-corrected chi connectivity index (χ4v) is 2.84. The molecule has 5 heteroatoms. The van der Waals surface area contributed by atoms with Gasteiger partial charge < -0.3 is 9.47 Å². The molecule has 0 fully saturated rings. The van der Waals surface area contributed by atoms with Crippen LogP contribution in [0.15, 0.2) is 51.8 Å². The van der Waals surface area contributed by atoms with E-state index in [9.17, 15) is 4.79 Å². The first-order valence-corrected chi connectivity index (χ1v) is 8.05. The highest BCUT2D eigenvalue weighted by Crippen LogP contribution is 2.27. The third-order valence-corrected chi connectivity index (χ3v) is 4.43. The standard InChI is InChI=1S/C16H15BrO3S/c1-19-12-5-8-16(20-2)14(9-12)15(18)10-21-13-6-3-11(17)4-7-13/h3-9H,10H2,1-2H3. The fourth-order valence-electron chi connectivity index (χ4n) is 1.79. The van der Waals surface area contributed by atoms with Crippen molar-refractivity contribution in [1.82, 2.24) is 0 Å². The Labute approximate surface area is 136 Å². The van der Waals surface area contributed by atoms with Crippen molar-refractivity contribution < 1.29 is 14.3 Å². The lowest BCUT2D eigenvalue weighted by molar-refractivity contribution is 0.101. The van der Waals surface area contributed by atoms with E-state index in [4.69, 9.17) is 9.47 Å². The maximum atomic E-state index is 12.4. The number of benzene rings is 2. The van der Waals surface area contributed by atoms with Crippen LogP contribution in [0.1, 0.15) is 10.4 Å². The van der Waals surface area contributed by atoms with Crippen molar-refractivity contribution in [2.45, 2.75) is 4.90 Å². The van der Waals surface area contributed by atoms with Crippen LogP contribution in [-0.4, -0.2) is 25.8 Å². The number of thioether (sulfide) groups is 1. The predicted octanol–water partition coefficient (Wildman–Crippen LogP) is 4.44. The van der Waals surface area contributed by atoms with Crippen LogP contribution in [0.25, 0.3) is 0 Å². The number of ether oxygens (including phenoxy) is 2. The topological polar surface area (TPSA) is 35.5 Å². The minimum atomic E-state index is 0.0127. The normalized spacial score (nSPS) is 10.2. The molecule has 2 aromatic carbocycles. The molecule has 0 radical (unpaired) electrons. The molecule has 0 unspecified atom stereocenters. The van der Waals surface area contributed by atoms with Crippen LogP contribution in [0.4, 0.5) is 0 Å². The van der Waals surface area contributed by atoms with Crippen LogP contribution in [0.3, 0.4) is 0 Å². The molecule has 2 rings (SSSR count). The van der Waals surface area contributed by atoms with E-state index >= 15 is 0 Å². The first-order valence-electron chi connectivity index (χ1n) is 6.27. The van der Waals surface area contributed by atoms with Crippen molar-refractivity contribution >= 4 is 33.5 Å². The molecule has 3 nitrogen and oxygen atoms in total. The molecule has 0 aromatic heterocycles. The Morgan fingerprint density at radius 2 is 1.81 bits per heavy atom. The van der Waals surface area contributed by atoms with Crippen LogP contribution >= 0.6 is 27.7 Å². The fraction of sp³-hybridized carbons (Fsp3) is 0.188. The molecule has 0 saturated heterocycles. The van der Waals surface area contributed by atoms with Gasteiger partial charge in [0.05, 0.1) is 25.5 Å². The summed E-state index contributed by atoms with van der Waals surface area (Å²) in [6.45, 7) is 0. The average molecular weight is 367 g/mol. The Morgan fingerprint density at radius 3 is 2.43 bits per heavy atom. The minimum Gasteiger partial charge on any atom is -0.497 e. The van der Waals surface area contributed by atoms with Crippen molar-refractivity contribution in [2.75, 3.05) is 20.0 Å². The molecule has 0 aliphatic carbocycles. The van der Waals surface area contributed by atoms with Gasteiger partial charge in [0, 0.05) is 9.37 Å². The second-order valence-electron chi connectivity index (χ2n) is 4.23. The summed E-state index contributed by atoms with van der Waals surface area (Å²) in [4.78, 5) is 13.4. The van der Waals surface area contributed by atoms with E-state index in [0.29, 0.717) is 22.8 Å². The average Bonchev–Trinajstić information content (AvgIpc) is 2.53. The number of carbonyl (C=O) groups is 1. The molecule has 0 aliphatic rings. The SMILES string of the molecule is COc1ccc(OC)c(C(=O)CSc2ccc(Br)cc2)c1. The second kappa shape index (κ2) is 7.52. The molecule has 21 heavy (non-hydrogen) atoms. The van der Waals surface area contributed by atoms with Gasteiger partial charge in [-0.1, -0.05) is 15.9 Å². The van der Waals surface area contributed by atoms with Crippen LogP contribution < -0.4 is 9.47 Å². The molecule has 0 heterocycles. The van der Waals surface area contributed by atoms with E-state index in [-0.39, 0.29) is 5.78 Å². The van der Waals surface area contributed by atoms with E-state index < -0.39 is 0 Å². The second-order valence-corrected chi connectivity index (χ2v) is 6.20. The predicted molar refractivity (Wildman–Crippen MR) is 88.7 cm³/mol. The zero-order valence-electron chi connectivity index (χ0n) is 11.8. The zero-order valence-corrected chi connectivity index (χ0v) is 14.2. The third kappa shape index (κ3) is 4.25. The zero-order chi connectivity index (χ0) is 15.2. The van der Waals surface area contributed by atoms with Crippen molar-refractivity contribution in [1.29, 1.82) is 0 Å². The van der Waals surface area contributed by atoms with E-state index in [0.717, 1.165) is 9.37 Å². The summed E-state index contributed by atoms with van der Waals surface area (Å²) in [6.07, 6.45) is 0. The molecule has 2 aromatic rings. The van der Waals surface area contributed by atoms with Gasteiger partial charge in [-0.2, -0.15) is 0 Å². The molecule has 0 amide bonds. The first kappa shape index (κ1) is 15.9. The summed E-state index contributed by atoms with van der Waals surface area (Å²) in [7, 11) is 3.13. The van der Waals surface area contributed by atoms with Gasteiger partial charge in [0.15, 0.2) is 5.78 Å². The maximum Gasteiger partial charge on any atom is 0.176 e. The van der Waals surface area contributed by atoms with Gasteiger partial charge in [-0.3, -0.25) is 4.79 Å². The summed E-state index contributed by atoms with van der Waals surface area (Å²) in [6, 6.07) is 13.1. The van der Waals surface area contributed by atoms with Crippen LogP contribution in [-0.2, 0) is 0 Å². The highest BCUT2D eigenvalue weighted by atomic mass is 79.9. The third-order valence-electron chi connectivity index (χ3n) is 2.89. The Balaban J connectivity index is 2.10. The van der Waals surface area contributed by atoms with Gasteiger partial charge in [-0.15, -0.1) is 11.8 Å². The van der Waals surface area contributed by atoms with Gasteiger partial charge in [0.2, 0.25) is 0 Å². The number of hydrogen-bond acceptors (Lipinski definition) is 4. The quantitative estimate of drug-likeness (QED) is 0.559. The van der Waals surface area contributed by atoms with Crippen LogP contribution in [0.2, 0.25) is 0 Å². The number of hydrogen-bond donors (Lipinski definition) is 0. The molecule has 0 aliphatic heterocycles. The number of carbonyl (C=O) groups excluding carboxylic acids is 1.